The molecule has 1 fully saturated rings. The van der Waals surface area contributed by atoms with Crippen molar-refractivity contribution in [3.05, 3.63) is 60.6 Å². The van der Waals surface area contributed by atoms with Gasteiger partial charge in [0, 0.05) is 37.2 Å². The molecule has 0 amide bonds. The zero-order valence-electron chi connectivity index (χ0n) is 14.4. The highest BCUT2D eigenvalue weighted by atomic mass is 15.3. The van der Waals surface area contributed by atoms with Gasteiger partial charge in [-0.1, -0.05) is 0 Å². The van der Waals surface area contributed by atoms with E-state index in [9.17, 15) is 0 Å². The molecule has 0 unspecified atom stereocenters. The number of aromatic nitrogens is 5. The summed E-state index contributed by atoms with van der Waals surface area (Å²) in [6, 6.07) is 8.38. The number of rotatable bonds is 5. The molecular formula is C19H22N6. The lowest BCUT2D eigenvalue weighted by Gasteiger charge is -2.16. The van der Waals surface area contributed by atoms with Crippen LogP contribution in [0.15, 0.2) is 49.2 Å². The maximum Gasteiger partial charge on any atom is 0.140 e. The molecule has 4 heterocycles. The monoisotopic (exact) mass is 334 g/mol. The molecular weight excluding hydrogens is 312 g/mol. The molecule has 4 rings (SSSR count). The molecule has 1 saturated heterocycles. The van der Waals surface area contributed by atoms with Gasteiger partial charge in [0.15, 0.2) is 0 Å². The van der Waals surface area contributed by atoms with Gasteiger partial charge in [0.25, 0.3) is 0 Å². The van der Waals surface area contributed by atoms with E-state index in [4.69, 9.17) is 0 Å². The van der Waals surface area contributed by atoms with Crippen molar-refractivity contribution in [2.24, 2.45) is 0 Å². The molecule has 0 spiro atoms. The number of nitrogens with zero attached hydrogens (tertiary/aromatic N) is 6. The van der Waals surface area contributed by atoms with Crippen LogP contribution < -0.4 is 0 Å². The molecule has 0 saturated carbocycles. The first-order chi connectivity index (χ1) is 12.3. The Bertz CT molecular complexity index is 829. The molecule has 1 aliphatic heterocycles. The Morgan fingerprint density at radius 1 is 1.12 bits per heavy atom. The lowest BCUT2D eigenvalue weighted by Crippen LogP contribution is -2.22. The van der Waals surface area contributed by atoms with Gasteiger partial charge in [0.2, 0.25) is 0 Å². The molecule has 0 N–H and O–H groups in total. The third-order valence-electron chi connectivity index (χ3n) is 4.86. The summed E-state index contributed by atoms with van der Waals surface area (Å²) in [5.74, 6) is 1.59. The van der Waals surface area contributed by atoms with Crippen molar-refractivity contribution in [3.8, 4) is 11.3 Å². The molecule has 3 aromatic heterocycles. The number of pyridine rings is 2. The second-order valence-corrected chi connectivity index (χ2v) is 6.42. The van der Waals surface area contributed by atoms with E-state index in [0.717, 1.165) is 43.3 Å². The summed E-state index contributed by atoms with van der Waals surface area (Å²) in [7, 11) is 0. The predicted molar refractivity (Wildman–Crippen MR) is 95.8 cm³/mol. The van der Waals surface area contributed by atoms with E-state index in [0.29, 0.717) is 5.92 Å². The van der Waals surface area contributed by atoms with Gasteiger partial charge in [0.1, 0.15) is 12.2 Å². The fraction of sp³-hybridized carbons (Fsp3) is 0.368. The first-order valence-electron chi connectivity index (χ1n) is 8.79. The fourth-order valence-corrected chi connectivity index (χ4v) is 3.50. The van der Waals surface area contributed by atoms with Crippen molar-refractivity contribution >= 4 is 0 Å². The second kappa shape index (κ2) is 7.11. The molecule has 0 bridgehead atoms. The molecule has 128 valence electrons. The largest absolute Gasteiger partial charge is 0.295 e. The Kier molecular flexibility index (Phi) is 4.52. The summed E-state index contributed by atoms with van der Waals surface area (Å²) in [6.45, 7) is 5.98. The number of aryl methyl sites for hydroxylation is 1. The summed E-state index contributed by atoms with van der Waals surface area (Å²) in [4.78, 5) is 15.5. The van der Waals surface area contributed by atoms with E-state index in [1.54, 1.807) is 6.33 Å². The van der Waals surface area contributed by atoms with E-state index in [-0.39, 0.29) is 0 Å². The molecule has 25 heavy (non-hydrogen) atoms. The fourth-order valence-electron chi connectivity index (χ4n) is 3.50. The van der Waals surface area contributed by atoms with Crippen molar-refractivity contribution in [1.29, 1.82) is 0 Å². The number of likely N-dealkylation sites (tertiary alicyclic amines) is 1. The Balaban J connectivity index is 1.47. The van der Waals surface area contributed by atoms with Gasteiger partial charge in [-0.2, -0.15) is 5.10 Å². The second-order valence-electron chi connectivity index (χ2n) is 6.42. The third-order valence-corrected chi connectivity index (χ3v) is 4.86. The van der Waals surface area contributed by atoms with Crippen LogP contribution in [-0.4, -0.2) is 42.7 Å². The van der Waals surface area contributed by atoms with Gasteiger partial charge >= 0.3 is 0 Å². The normalized spacial score (nSPS) is 17.9. The lowest BCUT2D eigenvalue weighted by molar-refractivity contribution is 0.310. The first kappa shape index (κ1) is 15.9. The van der Waals surface area contributed by atoms with Gasteiger partial charge in [-0.25, -0.2) is 9.67 Å². The Morgan fingerprint density at radius 3 is 2.84 bits per heavy atom. The predicted octanol–water partition coefficient (Wildman–Crippen LogP) is 2.74. The van der Waals surface area contributed by atoms with Crippen LogP contribution in [0.4, 0.5) is 0 Å². The van der Waals surface area contributed by atoms with Crippen LogP contribution in [-0.2, 0) is 13.1 Å². The lowest BCUT2D eigenvalue weighted by atomic mass is 9.98. The molecule has 0 aliphatic carbocycles. The first-order valence-corrected chi connectivity index (χ1v) is 8.79. The van der Waals surface area contributed by atoms with Crippen molar-refractivity contribution in [2.75, 3.05) is 13.1 Å². The molecule has 1 atom stereocenters. The average Bonchev–Trinajstić information content (AvgIpc) is 3.32. The van der Waals surface area contributed by atoms with Crippen molar-refractivity contribution in [3.63, 3.8) is 0 Å². The van der Waals surface area contributed by atoms with E-state index < -0.39 is 0 Å². The van der Waals surface area contributed by atoms with Gasteiger partial charge in [-0.05, 0) is 55.6 Å². The quantitative estimate of drug-likeness (QED) is 0.718. The third kappa shape index (κ3) is 3.44. The van der Waals surface area contributed by atoms with Crippen molar-refractivity contribution < 1.29 is 0 Å². The summed E-state index contributed by atoms with van der Waals surface area (Å²) < 4.78 is 1.97. The van der Waals surface area contributed by atoms with Crippen LogP contribution in [0, 0.1) is 0 Å². The maximum absolute atomic E-state index is 4.52. The van der Waals surface area contributed by atoms with Crippen molar-refractivity contribution in [1.82, 2.24) is 29.6 Å². The van der Waals surface area contributed by atoms with Gasteiger partial charge < -0.3 is 0 Å². The highest BCUT2D eigenvalue weighted by Gasteiger charge is 2.25. The average molecular weight is 334 g/mol. The van der Waals surface area contributed by atoms with Crippen LogP contribution in [0.3, 0.4) is 0 Å². The van der Waals surface area contributed by atoms with E-state index in [1.807, 2.05) is 35.4 Å². The van der Waals surface area contributed by atoms with Crippen LogP contribution in [0.25, 0.3) is 11.3 Å². The van der Waals surface area contributed by atoms with Gasteiger partial charge in [-0.3, -0.25) is 14.9 Å². The van der Waals surface area contributed by atoms with Crippen LogP contribution in [0.5, 0.6) is 0 Å². The Labute approximate surface area is 147 Å². The van der Waals surface area contributed by atoms with E-state index >= 15 is 0 Å². The zero-order chi connectivity index (χ0) is 17.1. The van der Waals surface area contributed by atoms with E-state index in [2.05, 4.69) is 44.0 Å². The molecule has 6 nitrogen and oxygen atoms in total. The minimum atomic E-state index is 0.543. The molecule has 0 radical (unpaired) electrons. The SMILES string of the molecule is CCn1ncnc1CN1CC[C@@H](c2ccnc(-c3ccncc3)c2)C1. The number of hydrogen-bond donors (Lipinski definition) is 0. The standard InChI is InChI=1S/C19H22N6/c1-2-25-19(22-14-23-25)13-24-10-6-17(12-24)16-5-9-21-18(11-16)15-3-7-20-8-4-15/h3-5,7-9,11,14,17H,2,6,10,12-13H2,1H3/t17-/m1/s1. The van der Waals surface area contributed by atoms with Crippen molar-refractivity contribution in [2.45, 2.75) is 32.4 Å². The molecule has 3 aromatic rings. The minimum Gasteiger partial charge on any atom is -0.295 e. The minimum absolute atomic E-state index is 0.543. The molecule has 1 aliphatic rings. The summed E-state index contributed by atoms with van der Waals surface area (Å²) in [6.07, 6.45) is 8.35. The Morgan fingerprint density at radius 2 is 2.00 bits per heavy atom. The van der Waals surface area contributed by atoms with Crippen LogP contribution in [0.1, 0.15) is 30.7 Å². The molecule has 6 heteroatoms. The topological polar surface area (TPSA) is 59.7 Å². The van der Waals surface area contributed by atoms with Crippen LogP contribution >= 0.6 is 0 Å². The molecule has 0 aromatic carbocycles. The number of hydrogen-bond acceptors (Lipinski definition) is 5. The highest BCUT2D eigenvalue weighted by molar-refractivity contribution is 5.59. The van der Waals surface area contributed by atoms with Gasteiger partial charge in [-0.15, -0.1) is 0 Å². The Hall–Kier alpha value is -2.60. The van der Waals surface area contributed by atoms with E-state index in [1.165, 1.54) is 12.0 Å². The summed E-state index contributed by atoms with van der Waals surface area (Å²) >= 11 is 0. The summed E-state index contributed by atoms with van der Waals surface area (Å²) in [5, 5.41) is 4.26. The van der Waals surface area contributed by atoms with Crippen LogP contribution in [0.2, 0.25) is 0 Å². The summed E-state index contributed by atoms with van der Waals surface area (Å²) in [5.41, 5.74) is 3.49. The smallest absolute Gasteiger partial charge is 0.140 e. The maximum atomic E-state index is 4.52. The van der Waals surface area contributed by atoms with Gasteiger partial charge in [0.05, 0.1) is 12.2 Å². The highest BCUT2D eigenvalue weighted by Crippen LogP contribution is 2.29. The zero-order valence-corrected chi connectivity index (χ0v) is 14.4.